The minimum Gasteiger partial charge on any atom is -0.381 e. The molecule has 8 nitrogen and oxygen atoms in total. The monoisotopic (exact) mass is 493 g/mol. The second-order valence-electron chi connectivity index (χ2n) is 9.86. The quantitative estimate of drug-likeness (QED) is 0.305. The minimum atomic E-state index is 0.265. The molecule has 0 amide bonds. The van der Waals surface area contributed by atoms with Gasteiger partial charge in [-0.25, -0.2) is 9.50 Å². The number of aromatic nitrogens is 6. The first kappa shape index (κ1) is 23.4. The summed E-state index contributed by atoms with van der Waals surface area (Å²) in [5, 5.41) is 13.6. The van der Waals surface area contributed by atoms with Gasteiger partial charge in [0.05, 0.1) is 11.8 Å². The summed E-state index contributed by atoms with van der Waals surface area (Å²) in [4.78, 5) is 9.56. The van der Waals surface area contributed by atoms with Gasteiger partial charge in [0.2, 0.25) is 5.82 Å². The number of pyridine rings is 1. The van der Waals surface area contributed by atoms with E-state index < -0.39 is 0 Å². The first-order valence-corrected chi connectivity index (χ1v) is 12.9. The molecule has 6 rings (SSSR count). The molecule has 1 saturated carbocycles. The maximum absolute atomic E-state index is 5.64. The first-order chi connectivity index (χ1) is 18.1. The summed E-state index contributed by atoms with van der Waals surface area (Å²) in [7, 11) is 1.79. The summed E-state index contributed by atoms with van der Waals surface area (Å²) >= 11 is 0. The van der Waals surface area contributed by atoms with Crippen molar-refractivity contribution in [3.05, 3.63) is 73.2 Å². The third-order valence-corrected chi connectivity index (χ3v) is 7.06. The molecule has 0 aliphatic heterocycles. The first-order valence-electron chi connectivity index (χ1n) is 12.9. The average molecular weight is 494 g/mol. The zero-order valence-corrected chi connectivity index (χ0v) is 21.4. The predicted octanol–water partition coefficient (Wildman–Crippen LogP) is 5.88. The summed E-state index contributed by atoms with van der Waals surface area (Å²) in [6, 6.07) is 18.8. The summed E-state index contributed by atoms with van der Waals surface area (Å²) in [6.45, 7) is 4.26. The van der Waals surface area contributed by atoms with Gasteiger partial charge >= 0.3 is 0 Å². The van der Waals surface area contributed by atoms with Crippen molar-refractivity contribution in [1.29, 1.82) is 0 Å². The average Bonchev–Trinajstić information content (AvgIpc) is 3.68. The molecule has 1 aromatic carbocycles. The third-order valence-electron chi connectivity index (χ3n) is 7.06. The number of benzene rings is 1. The Morgan fingerprint density at radius 1 is 0.973 bits per heavy atom. The molecule has 0 saturated heterocycles. The van der Waals surface area contributed by atoms with E-state index in [-0.39, 0.29) is 18.2 Å². The van der Waals surface area contributed by atoms with Gasteiger partial charge in [0.25, 0.3) is 0 Å². The van der Waals surface area contributed by atoms with Crippen LogP contribution in [0.1, 0.15) is 39.2 Å². The van der Waals surface area contributed by atoms with Crippen LogP contribution in [-0.2, 0) is 4.74 Å². The highest BCUT2D eigenvalue weighted by Crippen LogP contribution is 2.40. The van der Waals surface area contributed by atoms with Crippen LogP contribution < -0.4 is 5.32 Å². The molecule has 0 unspecified atom stereocenters. The molecule has 188 valence electrons. The van der Waals surface area contributed by atoms with E-state index in [4.69, 9.17) is 19.9 Å². The van der Waals surface area contributed by atoms with E-state index in [0.29, 0.717) is 5.82 Å². The Kier molecular flexibility index (Phi) is 6.18. The Hall–Kier alpha value is -4.04. The highest BCUT2D eigenvalue weighted by Gasteiger charge is 2.28. The van der Waals surface area contributed by atoms with Gasteiger partial charge < -0.3 is 10.1 Å². The lowest BCUT2D eigenvalue weighted by Gasteiger charge is -2.16. The predicted molar refractivity (Wildman–Crippen MR) is 145 cm³/mol. The Morgan fingerprint density at radius 2 is 1.81 bits per heavy atom. The number of hydrogen-bond acceptors (Lipinski definition) is 6. The molecule has 4 heterocycles. The van der Waals surface area contributed by atoms with Gasteiger partial charge in [-0.2, -0.15) is 5.10 Å². The lowest BCUT2D eigenvalue weighted by Crippen LogP contribution is -2.19. The van der Waals surface area contributed by atoms with Crippen LogP contribution in [-0.4, -0.2) is 48.6 Å². The van der Waals surface area contributed by atoms with Gasteiger partial charge in [0.15, 0.2) is 5.82 Å². The van der Waals surface area contributed by atoms with Crippen LogP contribution in [0.15, 0.2) is 73.2 Å². The van der Waals surface area contributed by atoms with Gasteiger partial charge in [-0.3, -0.25) is 9.67 Å². The number of fused-ring (bicyclic) bond motifs is 1. The third kappa shape index (κ3) is 4.49. The Morgan fingerprint density at radius 3 is 2.51 bits per heavy atom. The van der Waals surface area contributed by atoms with E-state index in [9.17, 15) is 0 Å². The van der Waals surface area contributed by atoms with E-state index in [2.05, 4.69) is 60.7 Å². The Balaban J connectivity index is 1.58. The van der Waals surface area contributed by atoms with E-state index in [0.717, 1.165) is 58.7 Å². The van der Waals surface area contributed by atoms with Crippen LogP contribution in [0, 0.1) is 0 Å². The van der Waals surface area contributed by atoms with Gasteiger partial charge in [-0.1, -0.05) is 36.4 Å². The SMILES string of the molecule is CO[C@H]1CC[C@@H](Nc2nc(-c3ccccn3)nn3cc(-c4ccn(C(C)C)n4)c(-c4ccccc4)c23)C1. The number of nitrogens with zero attached hydrogens (tertiary/aromatic N) is 6. The number of rotatable bonds is 7. The van der Waals surface area contributed by atoms with Crippen molar-refractivity contribution in [3.63, 3.8) is 0 Å². The fraction of sp³-hybridized carbons (Fsp3) is 0.310. The number of ether oxygens (including phenoxy) is 1. The lowest BCUT2D eigenvalue weighted by atomic mass is 10.0. The zero-order valence-electron chi connectivity index (χ0n) is 21.4. The second-order valence-corrected chi connectivity index (χ2v) is 9.86. The summed E-state index contributed by atoms with van der Waals surface area (Å²) in [6.07, 6.45) is 9.14. The topological polar surface area (TPSA) is 82.2 Å². The van der Waals surface area contributed by atoms with E-state index >= 15 is 0 Å². The van der Waals surface area contributed by atoms with Crippen molar-refractivity contribution >= 4 is 11.3 Å². The molecule has 1 N–H and O–H groups in total. The summed E-state index contributed by atoms with van der Waals surface area (Å²) in [5.74, 6) is 1.37. The van der Waals surface area contributed by atoms with Crippen LogP contribution in [0.2, 0.25) is 0 Å². The standard InChI is InChI=1S/C29H31N7O/c1-19(2)35-16-14-24(33-35)23-18-36-27(26(23)20-9-5-4-6-10-20)29(31-21-12-13-22(17-21)37-3)32-28(34-36)25-11-7-8-15-30-25/h4-11,14-16,18-19,21-22H,12-13,17H2,1-3H3,(H,31,32,34)/t21-,22+/m1/s1. The second kappa shape index (κ2) is 9.78. The van der Waals surface area contributed by atoms with Gasteiger partial charge in [0.1, 0.15) is 11.2 Å². The highest BCUT2D eigenvalue weighted by molar-refractivity contribution is 5.98. The molecule has 1 fully saturated rings. The summed E-state index contributed by atoms with van der Waals surface area (Å²) < 4.78 is 9.56. The van der Waals surface area contributed by atoms with Crippen LogP contribution >= 0.6 is 0 Å². The fourth-order valence-electron chi connectivity index (χ4n) is 5.13. The molecular weight excluding hydrogens is 462 g/mol. The van der Waals surface area contributed by atoms with Crippen molar-refractivity contribution in [1.82, 2.24) is 29.4 Å². The van der Waals surface area contributed by atoms with Gasteiger partial charge in [0, 0.05) is 48.9 Å². The maximum atomic E-state index is 5.64. The maximum Gasteiger partial charge on any atom is 0.200 e. The van der Waals surface area contributed by atoms with Crippen LogP contribution in [0.5, 0.6) is 0 Å². The lowest BCUT2D eigenvalue weighted by molar-refractivity contribution is 0.108. The molecule has 4 aromatic heterocycles. The number of hydrogen-bond donors (Lipinski definition) is 1. The Bertz CT molecular complexity index is 1510. The molecule has 0 radical (unpaired) electrons. The zero-order chi connectivity index (χ0) is 25.4. The molecule has 1 aliphatic carbocycles. The van der Waals surface area contributed by atoms with Crippen molar-refractivity contribution in [3.8, 4) is 33.9 Å². The van der Waals surface area contributed by atoms with Crippen LogP contribution in [0.25, 0.3) is 39.4 Å². The molecule has 0 spiro atoms. The van der Waals surface area contributed by atoms with Crippen LogP contribution in [0.3, 0.4) is 0 Å². The fourth-order valence-corrected chi connectivity index (χ4v) is 5.13. The van der Waals surface area contributed by atoms with Crippen molar-refractivity contribution in [2.75, 3.05) is 12.4 Å². The molecule has 2 atom stereocenters. The number of nitrogens with one attached hydrogen (secondary N) is 1. The molecule has 1 aliphatic rings. The summed E-state index contributed by atoms with van der Waals surface area (Å²) in [5.41, 5.74) is 5.74. The normalized spacial score (nSPS) is 17.6. The number of anilines is 1. The van der Waals surface area contributed by atoms with E-state index in [1.807, 2.05) is 39.7 Å². The number of methoxy groups -OCH3 is 1. The molecule has 37 heavy (non-hydrogen) atoms. The molecule has 0 bridgehead atoms. The van der Waals surface area contributed by atoms with Gasteiger partial charge in [-0.05, 0) is 56.9 Å². The van der Waals surface area contributed by atoms with E-state index in [1.54, 1.807) is 13.3 Å². The smallest absolute Gasteiger partial charge is 0.200 e. The molecule has 5 aromatic rings. The molecule has 8 heteroatoms. The minimum absolute atomic E-state index is 0.265. The van der Waals surface area contributed by atoms with Crippen LogP contribution in [0.4, 0.5) is 5.82 Å². The molecular formula is C29H31N7O. The van der Waals surface area contributed by atoms with Crippen molar-refractivity contribution in [2.45, 2.75) is 51.3 Å². The largest absolute Gasteiger partial charge is 0.381 e. The highest BCUT2D eigenvalue weighted by atomic mass is 16.5. The van der Waals surface area contributed by atoms with Crippen molar-refractivity contribution in [2.24, 2.45) is 0 Å². The Labute approximate surface area is 216 Å². The van der Waals surface area contributed by atoms with E-state index in [1.165, 1.54) is 0 Å². The van der Waals surface area contributed by atoms with Gasteiger partial charge in [-0.15, -0.1) is 5.10 Å². The van der Waals surface area contributed by atoms with Crippen molar-refractivity contribution < 1.29 is 4.74 Å².